The average Bonchev–Trinajstić information content (AvgIpc) is 3.58. The number of primary amides is 1. The first-order valence-electron chi connectivity index (χ1n) is 12.4. The number of pyridine rings is 1. The quantitative estimate of drug-likeness (QED) is 0.369. The minimum Gasteiger partial charge on any atom is -0.487 e. The molecule has 1 amide bonds. The Hall–Kier alpha value is -4.31. The molecule has 2 fully saturated rings. The molecule has 2 saturated heterocycles. The SMILES string of the molecule is NC(=O)c1ccc(-c2cc(O[C@@H]3CCOC3)c3c(N)n[nH]c3c2)cc1N1CCN(c2cccnc2)CC1. The Morgan fingerprint density at radius 3 is 2.65 bits per heavy atom. The predicted molar refractivity (Wildman–Crippen MR) is 143 cm³/mol. The molecule has 0 unspecified atom stereocenters. The smallest absolute Gasteiger partial charge is 0.250 e. The molecule has 6 rings (SSSR count). The van der Waals surface area contributed by atoms with Crippen molar-refractivity contribution in [1.82, 2.24) is 15.2 Å². The Labute approximate surface area is 214 Å². The van der Waals surface area contributed by atoms with Crippen molar-refractivity contribution in [2.75, 3.05) is 54.9 Å². The number of hydrogen-bond acceptors (Lipinski definition) is 8. The largest absolute Gasteiger partial charge is 0.487 e. The average molecular weight is 500 g/mol. The number of rotatable bonds is 6. The van der Waals surface area contributed by atoms with E-state index in [0.29, 0.717) is 30.3 Å². The van der Waals surface area contributed by atoms with Gasteiger partial charge < -0.3 is 30.7 Å². The summed E-state index contributed by atoms with van der Waals surface area (Å²) < 4.78 is 11.8. The number of carbonyl (C=O) groups is 1. The van der Waals surface area contributed by atoms with Crippen LogP contribution in [0.4, 0.5) is 17.2 Å². The van der Waals surface area contributed by atoms with Gasteiger partial charge in [-0.3, -0.25) is 14.9 Å². The number of nitrogens with zero attached hydrogens (tertiary/aromatic N) is 4. The zero-order valence-corrected chi connectivity index (χ0v) is 20.4. The van der Waals surface area contributed by atoms with E-state index in [9.17, 15) is 4.79 Å². The number of aromatic amines is 1. The first kappa shape index (κ1) is 23.1. The second-order valence-electron chi connectivity index (χ2n) is 9.39. The molecule has 5 N–H and O–H groups in total. The van der Waals surface area contributed by atoms with Crippen LogP contribution in [0.25, 0.3) is 22.0 Å². The van der Waals surface area contributed by atoms with Crippen molar-refractivity contribution in [1.29, 1.82) is 0 Å². The molecule has 10 heteroatoms. The summed E-state index contributed by atoms with van der Waals surface area (Å²) in [7, 11) is 0. The van der Waals surface area contributed by atoms with Gasteiger partial charge in [0.25, 0.3) is 5.91 Å². The summed E-state index contributed by atoms with van der Waals surface area (Å²) in [6.07, 6.45) is 4.45. The maximum atomic E-state index is 12.3. The lowest BCUT2D eigenvalue weighted by molar-refractivity contribution is 0.100. The highest BCUT2D eigenvalue weighted by atomic mass is 16.5. The lowest BCUT2D eigenvalue weighted by Gasteiger charge is -2.38. The fourth-order valence-corrected chi connectivity index (χ4v) is 5.12. The molecule has 2 aliphatic rings. The number of nitrogens with two attached hydrogens (primary N) is 2. The van der Waals surface area contributed by atoms with E-state index in [1.165, 1.54) is 0 Å². The molecule has 2 aliphatic heterocycles. The molecule has 1 atom stereocenters. The molecule has 4 aromatic rings. The van der Waals surface area contributed by atoms with Crippen molar-refractivity contribution >= 4 is 34.0 Å². The first-order valence-corrected chi connectivity index (χ1v) is 12.4. The highest BCUT2D eigenvalue weighted by Crippen LogP contribution is 2.37. The number of ether oxygens (including phenoxy) is 2. The number of benzene rings is 2. The molecule has 4 heterocycles. The van der Waals surface area contributed by atoms with E-state index in [0.717, 1.165) is 66.0 Å². The van der Waals surface area contributed by atoms with Gasteiger partial charge in [-0.05, 0) is 47.5 Å². The molecule has 2 aromatic heterocycles. The predicted octanol–water partition coefficient (Wildman–Crippen LogP) is 2.80. The molecule has 10 nitrogen and oxygen atoms in total. The van der Waals surface area contributed by atoms with Gasteiger partial charge in [-0.15, -0.1) is 0 Å². The molecule has 0 aliphatic carbocycles. The fraction of sp³-hybridized carbons (Fsp3) is 0.296. The number of piperazine rings is 1. The van der Waals surface area contributed by atoms with Gasteiger partial charge in [0.05, 0.1) is 47.3 Å². The highest BCUT2D eigenvalue weighted by molar-refractivity contribution is 6.01. The zero-order valence-electron chi connectivity index (χ0n) is 20.4. The Morgan fingerprint density at radius 2 is 1.92 bits per heavy atom. The zero-order chi connectivity index (χ0) is 25.4. The van der Waals surface area contributed by atoms with Gasteiger partial charge in [-0.2, -0.15) is 5.10 Å². The standard InChI is InChI=1S/C27H29N7O3/c28-26-25-22(31-32-26)12-18(14-24(25)37-20-5-11-36-16-20)17-3-4-21(27(29)35)23(13-17)34-9-7-33(8-10-34)19-2-1-6-30-15-19/h1-4,6,12-15,20H,5,7-11,16H2,(H2,29,35)(H3,28,31,32)/t20-/m1/s1. The van der Waals surface area contributed by atoms with E-state index in [1.54, 1.807) is 12.3 Å². The number of aromatic nitrogens is 3. The molecular formula is C27H29N7O3. The number of carbonyl (C=O) groups excluding carboxylic acids is 1. The van der Waals surface area contributed by atoms with Crippen LogP contribution in [0.2, 0.25) is 0 Å². The Balaban J connectivity index is 1.33. The minimum absolute atomic E-state index is 0.0309. The van der Waals surface area contributed by atoms with Crippen LogP contribution in [-0.2, 0) is 4.74 Å². The second kappa shape index (κ2) is 9.62. The van der Waals surface area contributed by atoms with Crippen LogP contribution in [0.5, 0.6) is 5.75 Å². The number of amides is 1. The third-order valence-electron chi connectivity index (χ3n) is 7.06. The summed E-state index contributed by atoms with van der Waals surface area (Å²) in [5, 5.41) is 7.96. The van der Waals surface area contributed by atoms with E-state index in [-0.39, 0.29) is 6.10 Å². The van der Waals surface area contributed by atoms with Gasteiger partial charge in [0.2, 0.25) is 0 Å². The molecule has 0 bridgehead atoms. The second-order valence-corrected chi connectivity index (χ2v) is 9.39. The fourth-order valence-electron chi connectivity index (χ4n) is 5.12. The summed E-state index contributed by atoms with van der Waals surface area (Å²) in [6.45, 7) is 4.37. The lowest BCUT2D eigenvalue weighted by atomic mass is 9.99. The van der Waals surface area contributed by atoms with Gasteiger partial charge >= 0.3 is 0 Å². The Morgan fingerprint density at radius 1 is 1.08 bits per heavy atom. The summed E-state index contributed by atoms with van der Waals surface area (Å²) >= 11 is 0. The third kappa shape index (κ3) is 4.51. The van der Waals surface area contributed by atoms with Crippen molar-refractivity contribution in [3.05, 3.63) is 60.4 Å². The van der Waals surface area contributed by atoms with Crippen LogP contribution in [0.15, 0.2) is 54.9 Å². The highest BCUT2D eigenvalue weighted by Gasteiger charge is 2.24. The molecule has 2 aromatic carbocycles. The van der Waals surface area contributed by atoms with Crippen LogP contribution < -0.4 is 26.0 Å². The van der Waals surface area contributed by atoms with Crippen molar-refractivity contribution in [2.45, 2.75) is 12.5 Å². The number of fused-ring (bicyclic) bond motifs is 1. The molecule has 0 radical (unpaired) electrons. The maximum absolute atomic E-state index is 12.3. The Bertz CT molecular complexity index is 1420. The number of nitrogens with one attached hydrogen (secondary N) is 1. The molecule has 190 valence electrons. The Kier molecular flexibility index (Phi) is 6.01. The monoisotopic (exact) mass is 499 g/mol. The van der Waals surface area contributed by atoms with Gasteiger partial charge in [-0.25, -0.2) is 0 Å². The van der Waals surface area contributed by atoms with Crippen LogP contribution in [0, 0.1) is 0 Å². The van der Waals surface area contributed by atoms with Gasteiger partial charge in [0, 0.05) is 38.8 Å². The van der Waals surface area contributed by atoms with Crippen LogP contribution in [-0.4, -0.2) is 66.6 Å². The number of hydrogen-bond donors (Lipinski definition) is 3. The number of anilines is 3. The van der Waals surface area contributed by atoms with Crippen molar-refractivity contribution in [3.8, 4) is 16.9 Å². The number of H-pyrrole nitrogens is 1. The van der Waals surface area contributed by atoms with E-state index in [1.807, 2.05) is 36.5 Å². The minimum atomic E-state index is -0.446. The van der Waals surface area contributed by atoms with Gasteiger partial charge in [0.1, 0.15) is 11.9 Å². The first-order chi connectivity index (χ1) is 18.1. The van der Waals surface area contributed by atoms with Crippen LogP contribution >= 0.6 is 0 Å². The van der Waals surface area contributed by atoms with Crippen molar-refractivity contribution in [2.24, 2.45) is 5.73 Å². The summed E-state index contributed by atoms with van der Waals surface area (Å²) in [5.74, 6) is 0.616. The molecule has 37 heavy (non-hydrogen) atoms. The van der Waals surface area contributed by atoms with E-state index < -0.39 is 5.91 Å². The topological polar surface area (TPSA) is 136 Å². The van der Waals surface area contributed by atoms with Gasteiger partial charge in [0.15, 0.2) is 5.82 Å². The van der Waals surface area contributed by atoms with Crippen molar-refractivity contribution in [3.63, 3.8) is 0 Å². The number of nitrogen functional groups attached to an aromatic ring is 1. The van der Waals surface area contributed by atoms with Crippen LogP contribution in [0.1, 0.15) is 16.8 Å². The van der Waals surface area contributed by atoms with Crippen LogP contribution in [0.3, 0.4) is 0 Å². The molecule has 0 spiro atoms. The summed E-state index contributed by atoms with van der Waals surface area (Å²) in [4.78, 5) is 21.1. The molecular weight excluding hydrogens is 470 g/mol. The van der Waals surface area contributed by atoms with E-state index in [4.69, 9.17) is 20.9 Å². The maximum Gasteiger partial charge on any atom is 0.250 e. The normalized spacial score (nSPS) is 17.9. The summed E-state index contributed by atoms with van der Waals surface area (Å²) in [5.41, 5.74) is 17.0. The van der Waals surface area contributed by atoms with E-state index in [2.05, 4.69) is 31.0 Å². The summed E-state index contributed by atoms with van der Waals surface area (Å²) in [6, 6.07) is 13.7. The van der Waals surface area contributed by atoms with Crippen molar-refractivity contribution < 1.29 is 14.3 Å². The molecule has 0 saturated carbocycles. The van der Waals surface area contributed by atoms with E-state index >= 15 is 0 Å². The lowest BCUT2D eigenvalue weighted by Crippen LogP contribution is -2.47. The van der Waals surface area contributed by atoms with Gasteiger partial charge in [-0.1, -0.05) is 6.07 Å². The third-order valence-corrected chi connectivity index (χ3v) is 7.06.